The molecule has 0 spiro atoms. The maximum atomic E-state index is 11.5. The van der Waals surface area contributed by atoms with Crippen molar-refractivity contribution >= 4 is 26.6 Å². The average molecular weight is 322 g/mol. The summed E-state index contributed by atoms with van der Waals surface area (Å²) in [6.07, 6.45) is 2.86. The van der Waals surface area contributed by atoms with E-state index in [0.717, 1.165) is 19.3 Å². The van der Waals surface area contributed by atoms with Crippen LogP contribution in [0.5, 0.6) is 5.75 Å². The smallest absolute Gasteiger partial charge is 0.296 e. The standard InChI is InChI=1S/C15H18N2O4S/c1-2-3-6-9-16-17-14-13(22(19,20)21)10-11-7-4-5-8-12(11)15(14)18/h4-5,7-8,10,18H,2-3,6,9H2,1H3,(H,19,20,21). The van der Waals surface area contributed by atoms with Gasteiger partial charge in [-0.3, -0.25) is 4.55 Å². The second kappa shape index (κ2) is 6.85. The zero-order valence-electron chi connectivity index (χ0n) is 12.2. The Balaban J connectivity index is 2.52. The Kier molecular flexibility index (Phi) is 5.10. The molecule has 0 saturated carbocycles. The van der Waals surface area contributed by atoms with Crippen molar-refractivity contribution in [3.63, 3.8) is 0 Å². The first-order valence-electron chi connectivity index (χ1n) is 7.05. The molecule has 0 heterocycles. The Hall–Kier alpha value is -1.99. The summed E-state index contributed by atoms with van der Waals surface area (Å²) in [7, 11) is -4.51. The molecule has 0 fully saturated rings. The van der Waals surface area contributed by atoms with Gasteiger partial charge in [0.15, 0.2) is 5.75 Å². The van der Waals surface area contributed by atoms with E-state index in [9.17, 15) is 18.1 Å². The summed E-state index contributed by atoms with van der Waals surface area (Å²) in [5.41, 5.74) is -0.224. The zero-order chi connectivity index (χ0) is 16.2. The highest BCUT2D eigenvalue weighted by atomic mass is 32.2. The Labute approximate surface area is 129 Å². The fraction of sp³-hybridized carbons (Fsp3) is 0.333. The second-order valence-electron chi connectivity index (χ2n) is 4.94. The molecule has 22 heavy (non-hydrogen) atoms. The Morgan fingerprint density at radius 3 is 2.59 bits per heavy atom. The first kappa shape index (κ1) is 16.4. The molecule has 0 aromatic heterocycles. The minimum absolute atomic E-state index is 0.224. The van der Waals surface area contributed by atoms with E-state index in [0.29, 0.717) is 17.3 Å². The third kappa shape index (κ3) is 3.61. The van der Waals surface area contributed by atoms with Gasteiger partial charge in [0.25, 0.3) is 10.1 Å². The molecule has 0 bridgehead atoms. The molecule has 0 aliphatic rings. The number of hydrogen-bond donors (Lipinski definition) is 2. The first-order chi connectivity index (χ1) is 10.4. The number of benzene rings is 2. The number of phenols is 1. The summed E-state index contributed by atoms with van der Waals surface area (Å²) in [5.74, 6) is -0.301. The van der Waals surface area contributed by atoms with Gasteiger partial charge in [0.2, 0.25) is 0 Å². The lowest BCUT2D eigenvalue weighted by Gasteiger charge is -2.08. The number of azo groups is 1. The molecule has 0 atom stereocenters. The molecule has 0 amide bonds. The lowest BCUT2D eigenvalue weighted by Crippen LogP contribution is -1.99. The van der Waals surface area contributed by atoms with Crippen LogP contribution in [0.3, 0.4) is 0 Å². The first-order valence-corrected chi connectivity index (χ1v) is 8.49. The van der Waals surface area contributed by atoms with Gasteiger partial charge in [-0.25, -0.2) is 0 Å². The molecule has 2 rings (SSSR count). The van der Waals surface area contributed by atoms with Crippen LogP contribution in [0.1, 0.15) is 26.2 Å². The van der Waals surface area contributed by atoms with Crippen LogP contribution in [-0.2, 0) is 10.1 Å². The van der Waals surface area contributed by atoms with Crippen molar-refractivity contribution in [2.45, 2.75) is 31.1 Å². The van der Waals surface area contributed by atoms with E-state index in [-0.39, 0.29) is 11.4 Å². The van der Waals surface area contributed by atoms with Crippen LogP contribution in [0.4, 0.5) is 5.69 Å². The van der Waals surface area contributed by atoms with Crippen molar-refractivity contribution in [2.24, 2.45) is 10.2 Å². The van der Waals surface area contributed by atoms with E-state index in [2.05, 4.69) is 17.2 Å². The highest BCUT2D eigenvalue weighted by Gasteiger charge is 2.21. The fourth-order valence-electron chi connectivity index (χ4n) is 2.14. The normalized spacial score (nSPS) is 12.3. The van der Waals surface area contributed by atoms with E-state index in [1.54, 1.807) is 24.3 Å². The molecule has 7 heteroatoms. The van der Waals surface area contributed by atoms with Gasteiger partial charge in [0, 0.05) is 5.39 Å². The van der Waals surface area contributed by atoms with E-state index < -0.39 is 15.0 Å². The summed E-state index contributed by atoms with van der Waals surface area (Å²) < 4.78 is 32.4. The van der Waals surface area contributed by atoms with Gasteiger partial charge in [-0.2, -0.15) is 18.6 Å². The average Bonchev–Trinajstić information content (AvgIpc) is 2.48. The highest BCUT2D eigenvalue weighted by Crippen LogP contribution is 2.40. The molecule has 0 unspecified atom stereocenters. The van der Waals surface area contributed by atoms with E-state index in [1.165, 1.54) is 6.07 Å². The largest absolute Gasteiger partial charge is 0.505 e. The number of unbranched alkanes of at least 4 members (excludes halogenated alkanes) is 2. The third-order valence-electron chi connectivity index (χ3n) is 3.27. The molecule has 0 radical (unpaired) electrons. The molecule has 118 valence electrons. The number of phenolic OH excluding ortho intramolecular Hbond substituents is 1. The van der Waals surface area contributed by atoms with Crippen LogP contribution in [0.15, 0.2) is 45.5 Å². The predicted octanol–water partition coefficient (Wildman–Crippen LogP) is 4.07. The van der Waals surface area contributed by atoms with Crippen molar-refractivity contribution in [3.05, 3.63) is 30.3 Å². The summed E-state index contributed by atoms with van der Waals surface area (Å²) in [6, 6.07) is 8.00. The quantitative estimate of drug-likeness (QED) is 0.476. The topological polar surface area (TPSA) is 99.3 Å². The van der Waals surface area contributed by atoms with Gasteiger partial charge >= 0.3 is 0 Å². The van der Waals surface area contributed by atoms with Crippen LogP contribution < -0.4 is 0 Å². The van der Waals surface area contributed by atoms with Crippen LogP contribution >= 0.6 is 0 Å². The number of hydrogen-bond acceptors (Lipinski definition) is 5. The van der Waals surface area contributed by atoms with Crippen LogP contribution in [0, 0.1) is 0 Å². The van der Waals surface area contributed by atoms with Crippen LogP contribution in [0.25, 0.3) is 10.8 Å². The minimum Gasteiger partial charge on any atom is -0.505 e. The van der Waals surface area contributed by atoms with Gasteiger partial charge in [-0.05, 0) is 17.9 Å². The van der Waals surface area contributed by atoms with Crippen molar-refractivity contribution in [1.29, 1.82) is 0 Å². The van der Waals surface area contributed by atoms with E-state index in [4.69, 9.17) is 0 Å². The Morgan fingerprint density at radius 1 is 1.18 bits per heavy atom. The monoisotopic (exact) mass is 322 g/mol. The van der Waals surface area contributed by atoms with E-state index >= 15 is 0 Å². The number of nitrogens with zero attached hydrogens (tertiary/aromatic N) is 2. The molecule has 0 aliphatic heterocycles. The highest BCUT2D eigenvalue weighted by molar-refractivity contribution is 7.86. The molecule has 0 saturated heterocycles. The SMILES string of the molecule is CCCCCN=Nc1c(S(=O)(=O)O)cc2ccccc2c1O. The third-order valence-corrected chi connectivity index (χ3v) is 4.14. The lowest BCUT2D eigenvalue weighted by molar-refractivity contribution is 0.471. The second-order valence-corrected chi connectivity index (χ2v) is 6.33. The molecule has 2 aromatic rings. The number of rotatable bonds is 6. The molecular weight excluding hydrogens is 304 g/mol. The van der Waals surface area contributed by atoms with Gasteiger partial charge < -0.3 is 5.11 Å². The number of fused-ring (bicyclic) bond motifs is 1. The molecule has 6 nitrogen and oxygen atoms in total. The predicted molar refractivity (Wildman–Crippen MR) is 84.3 cm³/mol. The summed E-state index contributed by atoms with van der Waals surface area (Å²) in [5, 5.41) is 19.0. The lowest BCUT2D eigenvalue weighted by atomic mass is 10.1. The van der Waals surface area contributed by atoms with Crippen LogP contribution in [-0.4, -0.2) is 24.6 Å². The fourth-order valence-corrected chi connectivity index (χ4v) is 2.80. The molecular formula is C15H18N2O4S. The summed E-state index contributed by atoms with van der Waals surface area (Å²) in [4.78, 5) is -0.442. The van der Waals surface area contributed by atoms with Gasteiger partial charge in [0.05, 0.1) is 6.54 Å². The molecule has 0 aliphatic carbocycles. The van der Waals surface area contributed by atoms with Crippen molar-refractivity contribution < 1.29 is 18.1 Å². The maximum absolute atomic E-state index is 11.5. The minimum atomic E-state index is -4.51. The number of aromatic hydroxyl groups is 1. The molecule has 2 N–H and O–H groups in total. The van der Waals surface area contributed by atoms with Gasteiger partial charge in [-0.15, -0.1) is 0 Å². The van der Waals surface area contributed by atoms with Gasteiger partial charge in [0.1, 0.15) is 10.6 Å². The zero-order valence-corrected chi connectivity index (χ0v) is 13.0. The van der Waals surface area contributed by atoms with Gasteiger partial charge in [-0.1, -0.05) is 44.0 Å². The maximum Gasteiger partial charge on any atom is 0.296 e. The summed E-state index contributed by atoms with van der Waals surface area (Å²) in [6.45, 7) is 2.49. The Morgan fingerprint density at radius 2 is 1.91 bits per heavy atom. The van der Waals surface area contributed by atoms with Crippen molar-refractivity contribution in [3.8, 4) is 5.75 Å². The summed E-state index contributed by atoms with van der Waals surface area (Å²) >= 11 is 0. The van der Waals surface area contributed by atoms with Crippen LogP contribution in [0.2, 0.25) is 0 Å². The van der Waals surface area contributed by atoms with E-state index in [1.807, 2.05) is 0 Å². The molecule has 2 aromatic carbocycles. The van der Waals surface area contributed by atoms with Crippen molar-refractivity contribution in [2.75, 3.05) is 6.54 Å². The Bertz CT molecular complexity index is 801. The van der Waals surface area contributed by atoms with Crippen molar-refractivity contribution in [1.82, 2.24) is 0 Å².